The summed E-state index contributed by atoms with van der Waals surface area (Å²) in [5.41, 5.74) is -0.0954. The third-order valence-electron chi connectivity index (χ3n) is 3.66. The second-order valence-corrected chi connectivity index (χ2v) is 5.85. The van der Waals surface area contributed by atoms with Gasteiger partial charge in [-0.25, -0.2) is 0 Å². The molecule has 2 rings (SSSR count). The summed E-state index contributed by atoms with van der Waals surface area (Å²) < 4.78 is 0. The lowest BCUT2D eigenvalue weighted by Gasteiger charge is -2.31. The molecule has 2 amide bonds. The minimum absolute atomic E-state index is 0.0256. The normalized spacial score (nSPS) is 31.1. The second kappa shape index (κ2) is 3.75. The summed E-state index contributed by atoms with van der Waals surface area (Å²) in [7, 11) is 0. The first-order chi connectivity index (χ1) is 7.41. The van der Waals surface area contributed by atoms with Gasteiger partial charge in [0.05, 0.1) is 5.92 Å². The Labute approximate surface area is 96.4 Å². The standard InChI is InChI=1S/C12H20N2O2/c1-12(2,3)8-7-13-10(15)9-5-4-6-14(9)11(8)16/h8-9H,4-7H2,1-3H3,(H,13,15). The monoisotopic (exact) mass is 224 g/mol. The summed E-state index contributed by atoms with van der Waals surface area (Å²) in [5.74, 6) is 0.0745. The van der Waals surface area contributed by atoms with E-state index in [0.717, 1.165) is 19.4 Å². The molecule has 0 aromatic carbocycles. The third kappa shape index (κ3) is 1.81. The molecule has 2 heterocycles. The van der Waals surface area contributed by atoms with Crippen molar-refractivity contribution in [2.75, 3.05) is 13.1 Å². The number of rotatable bonds is 0. The maximum atomic E-state index is 12.4. The molecule has 0 aliphatic carbocycles. The summed E-state index contributed by atoms with van der Waals surface area (Å²) >= 11 is 0. The van der Waals surface area contributed by atoms with Gasteiger partial charge in [0.1, 0.15) is 6.04 Å². The Bertz CT molecular complexity index is 319. The zero-order valence-corrected chi connectivity index (χ0v) is 10.2. The highest BCUT2D eigenvalue weighted by Gasteiger charge is 2.43. The van der Waals surface area contributed by atoms with Crippen molar-refractivity contribution in [1.82, 2.24) is 10.2 Å². The molecule has 90 valence electrons. The van der Waals surface area contributed by atoms with Crippen LogP contribution in [0.15, 0.2) is 0 Å². The lowest BCUT2D eigenvalue weighted by atomic mass is 9.80. The van der Waals surface area contributed by atoms with Crippen molar-refractivity contribution in [3.05, 3.63) is 0 Å². The summed E-state index contributed by atoms with van der Waals surface area (Å²) in [6, 6.07) is -0.208. The average Bonchev–Trinajstić information content (AvgIpc) is 2.59. The lowest BCUT2D eigenvalue weighted by molar-refractivity contribution is -0.140. The molecule has 4 nitrogen and oxygen atoms in total. The van der Waals surface area contributed by atoms with Crippen molar-refractivity contribution in [3.8, 4) is 0 Å². The number of nitrogens with one attached hydrogen (secondary N) is 1. The highest BCUT2D eigenvalue weighted by molar-refractivity contribution is 5.91. The van der Waals surface area contributed by atoms with E-state index >= 15 is 0 Å². The predicted octanol–water partition coefficient (Wildman–Crippen LogP) is 0.769. The fraction of sp³-hybridized carbons (Fsp3) is 0.833. The molecule has 16 heavy (non-hydrogen) atoms. The van der Waals surface area contributed by atoms with Crippen LogP contribution < -0.4 is 5.32 Å². The third-order valence-corrected chi connectivity index (χ3v) is 3.66. The summed E-state index contributed by atoms with van der Waals surface area (Å²) in [5, 5.41) is 2.90. The Kier molecular flexibility index (Phi) is 2.68. The van der Waals surface area contributed by atoms with Crippen LogP contribution >= 0.6 is 0 Å². The van der Waals surface area contributed by atoms with Gasteiger partial charge >= 0.3 is 0 Å². The van der Waals surface area contributed by atoms with E-state index in [1.54, 1.807) is 4.90 Å². The quantitative estimate of drug-likeness (QED) is 0.660. The number of carbonyl (C=O) groups excluding carboxylic acids is 2. The molecule has 2 fully saturated rings. The summed E-state index contributed by atoms with van der Waals surface area (Å²) in [6.07, 6.45) is 1.76. The molecule has 2 aliphatic heterocycles. The Morgan fingerprint density at radius 1 is 1.31 bits per heavy atom. The number of hydrogen-bond acceptors (Lipinski definition) is 2. The van der Waals surface area contributed by atoms with E-state index in [4.69, 9.17) is 0 Å². The molecule has 2 aliphatic rings. The fourth-order valence-electron chi connectivity index (χ4n) is 2.59. The molecular weight excluding hydrogens is 204 g/mol. The SMILES string of the molecule is CC(C)(C)C1CNC(=O)C2CCCN2C1=O. The van der Waals surface area contributed by atoms with Crippen LogP contribution in [-0.2, 0) is 9.59 Å². The Balaban J connectivity index is 2.26. The van der Waals surface area contributed by atoms with E-state index in [1.807, 2.05) is 0 Å². The van der Waals surface area contributed by atoms with Gasteiger partial charge in [-0.15, -0.1) is 0 Å². The number of amides is 2. The molecule has 0 saturated carbocycles. The maximum absolute atomic E-state index is 12.4. The first kappa shape index (κ1) is 11.4. The molecule has 0 bridgehead atoms. The van der Waals surface area contributed by atoms with Crippen molar-refractivity contribution >= 4 is 11.8 Å². The van der Waals surface area contributed by atoms with E-state index in [1.165, 1.54) is 0 Å². The van der Waals surface area contributed by atoms with Gasteiger partial charge in [-0.2, -0.15) is 0 Å². The zero-order chi connectivity index (χ0) is 11.9. The van der Waals surface area contributed by atoms with E-state index in [0.29, 0.717) is 6.54 Å². The van der Waals surface area contributed by atoms with Crippen LogP contribution in [0.25, 0.3) is 0 Å². The van der Waals surface area contributed by atoms with Gasteiger partial charge in [-0.1, -0.05) is 20.8 Å². The second-order valence-electron chi connectivity index (χ2n) is 5.85. The number of nitrogens with zero attached hydrogens (tertiary/aromatic N) is 1. The minimum Gasteiger partial charge on any atom is -0.353 e. The van der Waals surface area contributed by atoms with Gasteiger partial charge in [-0.05, 0) is 18.3 Å². The average molecular weight is 224 g/mol. The Morgan fingerprint density at radius 2 is 2.00 bits per heavy atom. The van der Waals surface area contributed by atoms with Crippen LogP contribution in [0.1, 0.15) is 33.6 Å². The van der Waals surface area contributed by atoms with Crippen LogP contribution in [0.5, 0.6) is 0 Å². The van der Waals surface area contributed by atoms with Crippen LogP contribution in [0.3, 0.4) is 0 Å². The molecule has 0 spiro atoms. The van der Waals surface area contributed by atoms with E-state index in [2.05, 4.69) is 26.1 Å². The Hall–Kier alpha value is -1.06. The Morgan fingerprint density at radius 3 is 2.62 bits per heavy atom. The molecular formula is C12H20N2O2. The van der Waals surface area contributed by atoms with E-state index in [-0.39, 0.29) is 29.2 Å². The summed E-state index contributed by atoms with van der Waals surface area (Å²) in [4.78, 5) is 25.9. The largest absolute Gasteiger partial charge is 0.353 e. The molecule has 4 heteroatoms. The fourth-order valence-corrected chi connectivity index (χ4v) is 2.59. The highest BCUT2D eigenvalue weighted by Crippen LogP contribution is 2.31. The van der Waals surface area contributed by atoms with E-state index < -0.39 is 0 Å². The molecule has 0 aromatic heterocycles. The summed E-state index contributed by atoms with van der Waals surface area (Å²) in [6.45, 7) is 7.38. The van der Waals surface area contributed by atoms with Gasteiger partial charge in [0, 0.05) is 13.1 Å². The van der Waals surface area contributed by atoms with Gasteiger partial charge in [0.2, 0.25) is 11.8 Å². The van der Waals surface area contributed by atoms with Crippen LogP contribution in [0.4, 0.5) is 0 Å². The van der Waals surface area contributed by atoms with E-state index in [9.17, 15) is 9.59 Å². The molecule has 2 atom stereocenters. The van der Waals surface area contributed by atoms with Gasteiger partial charge in [-0.3, -0.25) is 9.59 Å². The van der Waals surface area contributed by atoms with Crippen molar-refractivity contribution in [2.45, 2.75) is 39.7 Å². The predicted molar refractivity (Wildman–Crippen MR) is 60.7 cm³/mol. The number of hydrogen-bond donors (Lipinski definition) is 1. The maximum Gasteiger partial charge on any atom is 0.242 e. The van der Waals surface area contributed by atoms with Gasteiger partial charge in [0.15, 0.2) is 0 Å². The van der Waals surface area contributed by atoms with Crippen LogP contribution in [0.2, 0.25) is 0 Å². The first-order valence-corrected chi connectivity index (χ1v) is 5.99. The minimum atomic E-state index is -0.208. The molecule has 0 aromatic rings. The number of fused-ring (bicyclic) bond motifs is 1. The molecule has 0 radical (unpaired) electrons. The van der Waals surface area contributed by atoms with Crippen molar-refractivity contribution in [1.29, 1.82) is 0 Å². The van der Waals surface area contributed by atoms with Crippen molar-refractivity contribution < 1.29 is 9.59 Å². The van der Waals surface area contributed by atoms with Crippen molar-refractivity contribution in [3.63, 3.8) is 0 Å². The van der Waals surface area contributed by atoms with Gasteiger partial charge in [0.25, 0.3) is 0 Å². The molecule has 1 N–H and O–H groups in total. The van der Waals surface area contributed by atoms with Crippen LogP contribution in [-0.4, -0.2) is 35.8 Å². The highest BCUT2D eigenvalue weighted by atomic mass is 16.2. The van der Waals surface area contributed by atoms with Crippen molar-refractivity contribution in [2.24, 2.45) is 11.3 Å². The lowest BCUT2D eigenvalue weighted by Crippen LogP contribution is -2.44. The first-order valence-electron chi connectivity index (χ1n) is 5.99. The van der Waals surface area contributed by atoms with Crippen LogP contribution in [0, 0.1) is 11.3 Å². The molecule has 2 saturated heterocycles. The number of carbonyl (C=O) groups is 2. The topological polar surface area (TPSA) is 49.4 Å². The molecule has 2 unspecified atom stereocenters. The smallest absolute Gasteiger partial charge is 0.242 e. The zero-order valence-electron chi connectivity index (χ0n) is 10.2. The van der Waals surface area contributed by atoms with Gasteiger partial charge < -0.3 is 10.2 Å².